The van der Waals surface area contributed by atoms with Crippen molar-refractivity contribution in [3.63, 3.8) is 0 Å². The number of benzene rings is 2. The Morgan fingerprint density at radius 1 is 0.882 bits per heavy atom. The average molecular weight is 457 g/mol. The molecule has 3 N–H and O–H groups in total. The Labute approximate surface area is 201 Å². The summed E-state index contributed by atoms with van der Waals surface area (Å²) in [6, 6.07) is 21.9. The van der Waals surface area contributed by atoms with Gasteiger partial charge in [-0.3, -0.25) is 9.78 Å². The molecule has 2 aliphatic heterocycles. The number of nitrogens with one attached hydrogen (secondary N) is 1. The Balaban J connectivity index is 1.32. The summed E-state index contributed by atoms with van der Waals surface area (Å²) in [7, 11) is 0. The Hall–Kier alpha value is -3.22. The van der Waals surface area contributed by atoms with Crippen LogP contribution in [0, 0.1) is 0 Å². The summed E-state index contributed by atoms with van der Waals surface area (Å²) in [6.07, 6.45) is 4.67. The Morgan fingerprint density at radius 2 is 1.56 bits per heavy atom. The summed E-state index contributed by atoms with van der Waals surface area (Å²) in [5.41, 5.74) is 8.71. The number of nitrogens with zero attached hydrogens (tertiary/aromatic N) is 2. The van der Waals surface area contributed by atoms with Gasteiger partial charge < -0.3 is 20.7 Å². The zero-order chi connectivity index (χ0) is 23.3. The van der Waals surface area contributed by atoms with E-state index in [1.807, 2.05) is 66.7 Å². The van der Waals surface area contributed by atoms with Gasteiger partial charge in [-0.05, 0) is 100 Å². The summed E-state index contributed by atoms with van der Waals surface area (Å²) < 4.78 is 5.91. The number of likely N-dealkylation sites (tertiary alicyclic amines) is 1. The second-order valence-electron chi connectivity index (χ2n) is 9.23. The van der Waals surface area contributed by atoms with E-state index < -0.39 is 5.91 Å². The van der Waals surface area contributed by atoms with Gasteiger partial charge in [0.05, 0.1) is 11.3 Å². The lowest BCUT2D eigenvalue weighted by Gasteiger charge is -2.39. The highest BCUT2D eigenvalue weighted by atomic mass is 16.5. The molecule has 2 fully saturated rings. The lowest BCUT2D eigenvalue weighted by atomic mass is 9.90. The number of para-hydroxylation sites is 1. The molecule has 3 heterocycles. The summed E-state index contributed by atoms with van der Waals surface area (Å²) in [5.74, 6) is 1.46. The fourth-order valence-electron chi connectivity index (χ4n) is 5.16. The van der Waals surface area contributed by atoms with Crippen LogP contribution in [0.15, 0.2) is 66.7 Å². The van der Waals surface area contributed by atoms with Crippen LogP contribution in [-0.2, 0) is 0 Å². The number of hydrogen-bond acceptors (Lipinski definition) is 5. The molecule has 3 aromatic rings. The summed E-state index contributed by atoms with van der Waals surface area (Å²) in [5, 5.41) is 3.46. The minimum atomic E-state index is -0.459. The first-order valence-corrected chi connectivity index (χ1v) is 12.3. The van der Waals surface area contributed by atoms with Crippen LogP contribution in [0.1, 0.15) is 47.7 Å². The molecule has 5 rings (SSSR count). The van der Waals surface area contributed by atoms with Gasteiger partial charge in [0.25, 0.3) is 5.91 Å². The summed E-state index contributed by atoms with van der Waals surface area (Å²) >= 11 is 0. The molecule has 1 aromatic heterocycles. The molecule has 6 heteroatoms. The Bertz CT molecular complexity index is 1100. The molecule has 0 bridgehead atoms. The highest BCUT2D eigenvalue weighted by Gasteiger charge is 2.28. The fourth-order valence-corrected chi connectivity index (χ4v) is 5.16. The van der Waals surface area contributed by atoms with Gasteiger partial charge >= 0.3 is 0 Å². The third-order valence-electron chi connectivity index (χ3n) is 7.06. The maximum atomic E-state index is 12.2. The molecule has 1 amide bonds. The molecule has 2 aromatic carbocycles. The van der Waals surface area contributed by atoms with Gasteiger partial charge in [0.15, 0.2) is 0 Å². The number of amides is 1. The molecular formula is C28H32N4O2. The minimum absolute atomic E-state index is 0.402. The van der Waals surface area contributed by atoms with Crippen molar-refractivity contribution < 1.29 is 9.53 Å². The van der Waals surface area contributed by atoms with Crippen molar-refractivity contribution in [2.45, 2.75) is 37.6 Å². The van der Waals surface area contributed by atoms with Crippen molar-refractivity contribution in [2.24, 2.45) is 5.73 Å². The van der Waals surface area contributed by atoms with E-state index >= 15 is 0 Å². The highest BCUT2D eigenvalue weighted by molar-refractivity contribution is 5.98. The number of rotatable bonds is 6. The standard InChI is InChI=1S/C28H32N4O2/c29-28(33)25-10-11-26(20-14-18-32(19-15-20)22-12-16-30-17-13-22)31-27(25)21-6-8-24(9-7-21)34-23-4-2-1-3-5-23/h1-11,20,22,30H,12-19H2,(H2,29,33). The fraction of sp³-hybridized carbons (Fsp3) is 0.357. The molecule has 176 valence electrons. The smallest absolute Gasteiger partial charge is 0.250 e. The van der Waals surface area contributed by atoms with Crippen LogP contribution in [0.2, 0.25) is 0 Å². The number of piperidine rings is 2. The van der Waals surface area contributed by atoms with Crippen LogP contribution in [0.25, 0.3) is 11.3 Å². The molecule has 34 heavy (non-hydrogen) atoms. The van der Waals surface area contributed by atoms with Crippen molar-refractivity contribution >= 4 is 5.91 Å². The summed E-state index contributed by atoms with van der Waals surface area (Å²) in [4.78, 5) is 19.8. The van der Waals surface area contributed by atoms with Gasteiger partial charge in [-0.2, -0.15) is 0 Å². The Morgan fingerprint density at radius 3 is 2.24 bits per heavy atom. The molecule has 0 radical (unpaired) electrons. The number of ether oxygens (including phenoxy) is 1. The van der Waals surface area contributed by atoms with Crippen LogP contribution in [0.5, 0.6) is 11.5 Å². The van der Waals surface area contributed by atoms with Gasteiger partial charge in [0.2, 0.25) is 0 Å². The minimum Gasteiger partial charge on any atom is -0.457 e. The topological polar surface area (TPSA) is 80.5 Å². The first kappa shape index (κ1) is 22.6. The van der Waals surface area contributed by atoms with E-state index in [1.165, 1.54) is 12.8 Å². The van der Waals surface area contributed by atoms with E-state index in [2.05, 4.69) is 10.2 Å². The number of nitrogens with two attached hydrogens (primary N) is 1. The normalized spacial score (nSPS) is 18.0. The second-order valence-corrected chi connectivity index (χ2v) is 9.23. The predicted octanol–water partition coefficient (Wildman–Crippen LogP) is 4.57. The van der Waals surface area contributed by atoms with Crippen molar-refractivity contribution in [3.05, 3.63) is 78.0 Å². The second kappa shape index (κ2) is 10.4. The molecule has 0 unspecified atom stereocenters. The quantitative estimate of drug-likeness (QED) is 0.568. The first-order chi connectivity index (χ1) is 16.7. The number of primary amides is 1. The SMILES string of the molecule is NC(=O)c1ccc(C2CCN(C3CCNCC3)CC2)nc1-c1ccc(Oc2ccccc2)cc1. The lowest BCUT2D eigenvalue weighted by Crippen LogP contribution is -2.46. The van der Waals surface area contributed by atoms with Crippen molar-refractivity contribution in [2.75, 3.05) is 26.2 Å². The van der Waals surface area contributed by atoms with Gasteiger partial charge in [-0.1, -0.05) is 18.2 Å². The van der Waals surface area contributed by atoms with Crippen molar-refractivity contribution in [1.82, 2.24) is 15.2 Å². The average Bonchev–Trinajstić information content (AvgIpc) is 2.90. The molecule has 2 aliphatic rings. The van der Waals surface area contributed by atoms with E-state index in [4.69, 9.17) is 15.5 Å². The van der Waals surface area contributed by atoms with Gasteiger partial charge in [0, 0.05) is 23.2 Å². The molecule has 2 saturated heterocycles. The number of aromatic nitrogens is 1. The van der Waals surface area contributed by atoms with E-state index in [0.29, 0.717) is 23.2 Å². The molecule has 0 saturated carbocycles. The van der Waals surface area contributed by atoms with Crippen molar-refractivity contribution in [1.29, 1.82) is 0 Å². The summed E-state index contributed by atoms with van der Waals surface area (Å²) in [6.45, 7) is 4.46. The molecule has 0 atom stereocenters. The Kier molecular flexibility index (Phi) is 6.88. The van der Waals surface area contributed by atoms with E-state index in [1.54, 1.807) is 0 Å². The van der Waals surface area contributed by atoms with E-state index in [9.17, 15) is 4.79 Å². The van der Waals surface area contributed by atoms with Gasteiger partial charge in [0.1, 0.15) is 11.5 Å². The molecular weight excluding hydrogens is 424 g/mol. The van der Waals surface area contributed by atoms with Crippen molar-refractivity contribution in [3.8, 4) is 22.8 Å². The van der Waals surface area contributed by atoms with Crippen LogP contribution >= 0.6 is 0 Å². The molecule has 0 aliphatic carbocycles. The third kappa shape index (κ3) is 5.13. The highest BCUT2D eigenvalue weighted by Crippen LogP contribution is 2.32. The largest absolute Gasteiger partial charge is 0.457 e. The zero-order valence-corrected chi connectivity index (χ0v) is 19.5. The maximum Gasteiger partial charge on any atom is 0.250 e. The predicted molar refractivity (Wildman–Crippen MR) is 134 cm³/mol. The van der Waals surface area contributed by atoms with Crippen LogP contribution in [0.4, 0.5) is 0 Å². The van der Waals surface area contributed by atoms with Crippen LogP contribution in [0.3, 0.4) is 0 Å². The molecule has 0 spiro atoms. The van der Waals surface area contributed by atoms with Crippen LogP contribution < -0.4 is 15.8 Å². The lowest BCUT2D eigenvalue weighted by molar-refractivity contribution is 0.100. The maximum absolute atomic E-state index is 12.2. The number of carbonyl (C=O) groups is 1. The monoisotopic (exact) mass is 456 g/mol. The van der Waals surface area contributed by atoms with E-state index in [-0.39, 0.29) is 0 Å². The third-order valence-corrected chi connectivity index (χ3v) is 7.06. The van der Waals surface area contributed by atoms with Gasteiger partial charge in [-0.25, -0.2) is 0 Å². The van der Waals surface area contributed by atoms with E-state index in [0.717, 1.165) is 61.8 Å². The number of pyridine rings is 1. The number of hydrogen-bond donors (Lipinski definition) is 2. The first-order valence-electron chi connectivity index (χ1n) is 12.3. The van der Waals surface area contributed by atoms with Crippen LogP contribution in [-0.4, -0.2) is 48.0 Å². The zero-order valence-electron chi connectivity index (χ0n) is 19.5. The number of carbonyl (C=O) groups excluding carboxylic acids is 1. The van der Waals surface area contributed by atoms with Gasteiger partial charge in [-0.15, -0.1) is 0 Å². The molecule has 6 nitrogen and oxygen atoms in total.